The summed E-state index contributed by atoms with van der Waals surface area (Å²) in [7, 11) is 5.02. The molecule has 31 heavy (non-hydrogen) atoms. The Kier molecular flexibility index (Phi) is 11.9. The number of amides is 4. The summed E-state index contributed by atoms with van der Waals surface area (Å²) in [5, 5.41) is 5.16. The number of likely N-dealkylation sites (tertiary alicyclic amines) is 1. The van der Waals surface area contributed by atoms with Crippen LogP contribution in [0.15, 0.2) is 0 Å². The first kappa shape index (κ1) is 27.2. The Morgan fingerprint density at radius 2 is 1.84 bits per heavy atom. The molecule has 0 spiro atoms. The molecule has 1 heterocycles. The van der Waals surface area contributed by atoms with Crippen LogP contribution in [0.5, 0.6) is 0 Å². The number of carbonyl (C=O) groups excluding carboxylic acids is 5. The van der Waals surface area contributed by atoms with E-state index in [4.69, 9.17) is 7.85 Å². The first-order valence-electron chi connectivity index (χ1n) is 10.9. The van der Waals surface area contributed by atoms with Gasteiger partial charge in [0.05, 0.1) is 17.5 Å². The highest BCUT2D eigenvalue weighted by Gasteiger charge is 2.38. The standard InChI is InChI=1S/C21H34BN3O5S/c1-5-14(4)31-15-11-18(28)25(21(15)30)10-8-6-7-9-17(27)24-19(13(2)3)20(29)23-12-16(22)26/h13-15,19H,5-12H2,1-4H3,(H,23,29)(H,24,27). The first-order chi connectivity index (χ1) is 14.6. The van der Waals surface area contributed by atoms with Gasteiger partial charge in [-0.05, 0) is 25.2 Å². The SMILES string of the molecule is [B]C(=O)CNC(=O)C(NC(=O)CCCCCN1C(=O)CC(SC(C)CC)C1=O)C(C)C. The maximum absolute atomic E-state index is 12.4. The van der Waals surface area contributed by atoms with E-state index >= 15 is 0 Å². The predicted octanol–water partition coefficient (Wildman–Crippen LogP) is 1.16. The molecule has 2 N–H and O–H groups in total. The molecule has 1 aliphatic rings. The maximum Gasteiger partial charge on any atom is 0.243 e. The van der Waals surface area contributed by atoms with E-state index in [-0.39, 0.29) is 48.3 Å². The lowest BCUT2D eigenvalue weighted by Crippen LogP contribution is -2.50. The van der Waals surface area contributed by atoms with Crippen molar-refractivity contribution in [1.29, 1.82) is 0 Å². The van der Waals surface area contributed by atoms with Gasteiger partial charge in [0.2, 0.25) is 23.6 Å². The molecule has 3 unspecified atom stereocenters. The van der Waals surface area contributed by atoms with Crippen LogP contribution in [0, 0.1) is 5.92 Å². The lowest BCUT2D eigenvalue weighted by molar-refractivity contribution is -0.138. The molecule has 0 aromatic carbocycles. The van der Waals surface area contributed by atoms with Crippen molar-refractivity contribution in [1.82, 2.24) is 15.5 Å². The van der Waals surface area contributed by atoms with Gasteiger partial charge in [-0.25, -0.2) is 0 Å². The van der Waals surface area contributed by atoms with Gasteiger partial charge in [0.1, 0.15) is 6.04 Å². The zero-order chi connectivity index (χ0) is 23.6. The Balaban J connectivity index is 2.34. The average Bonchev–Trinajstić information content (AvgIpc) is 2.96. The molecule has 0 aromatic heterocycles. The van der Waals surface area contributed by atoms with Gasteiger partial charge in [-0.2, -0.15) is 0 Å². The number of carbonyl (C=O) groups is 5. The van der Waals surface area contributed by atoms with E-state index in [0.717, 1.165) is 6.42 Å². The highest BCUT2D eigenvalue weighted by atomic mass is 32.2. The first-order valence-corrected chi connectivity index (χ1v) is 11.9. The highest BCUT2D eigenvalue weighted by Crippen LogP contribution is 2.29. The Morgan fingerprint density at radius 3 is 2.42 bits per heavy atom. The molecule has 1 aliphatic heterocycles. The molecular formula is C21H34BN3O5S. The lowest BCUT2D eigenvalue weighted by Gasteiger charge is -2.21. The number of unbranched alkanes of at least 4 members (excludes halogenated alkanes) is 2. The summed E-state index contributed by atoms with van der Waals surface area (Å²) in [4.78, 5) is 61.0. The summed E-state index contributed by atoms with van der Waals surface area (Å²) in [6, 6.07) is -0.744. The van der Waals surface area contributed by atoms with E-state index in [9.17, 15) is 24.0 Å². The van der Waals surface area contributed by atoms with Crippen LogP contribution in [-0.4, -0.2) is 71.7 Å². The third-order valence-corrected chi connectivity index (χ3v) is 6.66. The Bertz CT molecular complexity index is 673. The second-order valence-electron chi connectivity index (χ2n) is 8.22. The number of nitrogens with one attached hydrogen (secondary N) is 2. The van der Waals surface area contributed by atoms with Gasteiger partial charge in [0, 0.05) is 24.6 Å². The van der Waals surface area contributed by atoms with E-state index < -0.39 is 17.6 Å². The molecule has 0 aromatic rings. The summed E-state index contributed by atoms with van der Waals surface area (Å²) in [5.74, 6) is -1.07. The molecule has 10 heteroatoms. The van der Waals surface area contributed by atoms with Crippen LogP contribution in [0.2, 0.25) is 0 Å². The monoisotopic (exact) mass is 451 g/mol. The molecule has 8 nitrogen and oxygen atoms in total. The number of thioether (sulfide) groups is 1. The predicted molar refractivity (Wildman–Crippen MR) is 121 cm³/mol. The summed E-state index contributed by atoms with van der Waals surface area (Å²) in [6.07, 6.45) is 3.37. The minimum atomic E-state index is -0.744. The van der Waals surface area contributed by atoms with Gasteiger partial charge < -0.3 is 15.4 Å². The zero-order valence-corrected chi connectivity index (χ0v) is 19.8. The second kappa shape index (κ2) is 13.5. The van der Waals surface area contributed by atoms with Gasteiger partial charge in [-0.3, -0.25) is 24.1 Å². The van der Waals surface area contributed by atoms with Crippen LogP contribution in [-0.2, 0) is 24.0 Å². The molecular weight excluding hydrogens is 417 g/mol. The van der Waals surface area contributed by atoms with Crippen molar-refractivity contribution in [3.63, 3.8) is 0 Å². The Morgan fingerprint density at radius 1 is 1.16 bits per heavy atom. The van der Waals surface area contributed by atoms with Crippen LogP contribution in [0.4, 0.5) is 0 Å². The van der Waals surface area contributed by atoms with E-state index in [1.165, 1.54) is 4.90 Å². The topological polar surface area (TPSA) is 113 Å². The molecule has 4 amide bonds. The van der Waals surface area contributed by atoms with Gasteiger partial charge in [-0.15, -0.1) is 11.8 Å². The van der Waals surface area contributed by atoms with Crippen LogP contribution in [0.3, 0.4) is 0 Å². The fourth-order valence-electron chi connectivity index (χ4n) is 3.17. The third-order valence-electron chi connectivity index (χ3n) is 5.16. The molecule has 0 aliphatic carbocycles. The van der Waals surface area contributed by atoms with E-state index in [0.29, 0.717) is 31.1 Å². The average molecular weight is 451 g/mol. The van der Waals surface area contributed by atoms with Crippen molar-refractivity contribution < 1.29 is 24.0 Å². The zero-order valence-electron chi connectivity index (χ0n) is 18.9. The van der Waals surface area contributed by atoms with Crippen molar-refractivity contribution >= 4 is 48.9 Å². The molecule has 0 saturated carbocycles. The minimum absolute atomic E-state index is 0.102. The summed E-state index contributed by atoms with van der Waals surface area (Å²) in [6.45, 7) is 7.81. The lowest BCUT2D eigenvalue weighted by atomic mass is 10.0. The highest BCUT2D eigenvalue weighted by molar-refractivity contribution is 8.01. The van der Waals surface area contributed by atoms with Gasteiger partial charge in [0.25, 0.3) is 0 Å². The van der Waals surface area contributed by atoms with E-state index in [1.807, 2.05) is 0 Å². The number of rotatable bonds is 14. The van der Waals surface area contributed by atoms with Gasteiger partial charge in [0.15, 0.2) is 7.85 Å². The number of hydrogen-bond acceptors (Lipinski definition) is 6. The second-order valence-corrected chi connectivity index (χ2v) is 9.86. The molecule has 0 bridgehead atoms. The molecule has 1 rings (SSSR count). The molecule has 172 valence electrons. The van der Waals surface area contributed by atoms with Crippen molar-refractivity contribution in [3.8, 4) is 0 Å². The number of nitrogens with zero attached hydrogens (tertiary/aromatic N) is 1. The molecule has 3 atom stereocenters. The Labute approximate surface area is 190 Å². The molecule has 1 saturated heterocycles. The van der Waals surface area contributed by atoms with Crippen molar-refractivity contribution in [2.24, 2.45) is 5.92 Å². The van der Waals surface area contributed by atoms with Crippen LogP contribution < -0.4 is 10.6 Å². The number of hydrogen-bond donors (Lipinski definition) is 2. The van der Waals surface area contributed by atoms with E-state index in [2.05, 4.69) is 24.5 Å². The quantitative estimate of drug-likeness (QED) is 0.233. The summed E-state index contributed by atoms with van der Waals surface area (Å²) in [5.41, 5.74) is -0.651. The molecule has 1 fully saturated rings. The summed E-state index contributed by atoms with van der Waals surface area (Å²) < 4.78 is 0. The van der Waals surface area contributed by atoms with Crippen molar-refractivity contribution in [3.05, 3.63) is 0 Å². The fraction of sp³-hybridized carbons (Fsp3) is 0.762. The third kappa shape index (κ3) is 9.45. The summed E-state index contributed by atoms with van der Waals surface area (Å²) >= 11 is 1.56. The smallest absolute Gasteiger partial charge is 0.243 e. The normalized spacial score (nSPS) is 18.2. The van der Waals surface area contributed by atoms with Crippen LogP contribution in [0.25, 0.3) is 0 Å². The maximum atomic E-state index is 12.4. The van der Waals surface area contributed by atoms with Crippen LogP contribution in [0.1, 0.15) is 66.2 Å². The van der Waals surface area contributed by atoms with Crippen LogP contribution >= 0.6 is 11.8 Å². The fourth-order valence-corrected chi connectivity index (χ4v) is 4.40. The van der Waals surface area contributed by atoms with Gasteiger partial charge in [-0.1, -0.05) is 34.1 Å². The largest absolute Gasteiger partial charge is 0.348 e. The minimum Gasteiger partial charge on any atom is -0.348 e. The van der Waals surface area contributed by atoms with E-state index in [1.54, 1.807) is 25.6 Å². The van der Waals surface area contributed by atoms with Crippen molar-refractivity contribution in [2.75, 3.05) is 13.1 Å². The van der Waals surface area contributed by atoms with Gasteiger partial charge >= 0.3 is 0 Å². The van der Waals surface area contributed by atoms with Crippen molar-refractivity contribution in [2.45, 2.75) is 82.8 Å². The Hall–Kier alpha value is -1.84. The molecule has 2 radical (unpaired) electrons. The number of imide groups is 1.